The highest BCUT2D eigenvalue weighted by atomic mass is 35.5. The molecule has 0 bridgehead atoms. The van der Waals surface area contributed by atoms with Crippen LogP contribution in [-0.2, 0) is 6.54 Å². The van der Waals surface area contributed by atoms with E-state index in [0.29, 0.717) is 23.3 Å². The number of nitrogens with one attached hydrogen (secondary N) is 1. The van der Waals surface area contributed by atoms with Gasteiger partial charge in [-0.25, -0.2) is 0 Å². The van der Waals surface area contributed by atoms with Crippen LogP contribution in [0.15, 0.2) is 46.9 Å². The van der Waals surface area contributed by atoms with E-state index in [1.54, 1.807) is 6.07 Å². The van der Waals surface area contributed by atoms with E-state index in [9.17, 15) is 0 Å². The molecule has 3 rings (SSSR count). The topological polar surface area (TPSA) is 51.0 Å². The van der Waals surface area contributed by atoms with Gasteiger partial charge in [0.25, 0.3) is 0 Å². The van der Waals surface area contributed by atoms with Crippen molar-refractivity contribution in [2.45, 2.75) is 20.4 Å². The molecule has 0 aliphatic carbocycles. The van der Waals surface area contributed by atoms with Crippen molar-refractivity contribution in [3.63, 3.8) is 0 Å². The molecule has 0 saturated heterocycles. The van der Waals surface area contributed by atoms with Crippen LogP contribution in [-0.4, -0.2) is 10.2 Å². The van der Waals surface area contributed by atoms with Gasteiger partial charge in [-0.05, 0) is 49.2 Å². The van der Waals surface area contributed by atoms with Crippen molar-refractivity contribution in [1.29, 1.82) is 0 Å². The highest BCUT2D eigenvalue weighted by molar-refractivity contribution is 6.30. The van der Waals surface area contributed by atoms with Gasteiger partial charge in [-0.2, -0.15) is 0 Å². The van der Waals surface area contributed by atoms with Gasteiger partial charge >= 0.3 is 0 Å². The number of halogens is 1. The lowest BCUT2D eigenvalue weighted by Crippen LogP contribution is -2.02. The average molecular weight is 314 g/mol. The lowest BCUT2D eigenvalue weighted by molar-refractivity contribution is 0.515. The summed E-state index contributed by atoms with van der Waals surface area (Å²) in [5, 5.41) is 12.1. The highest BCUT2D eigenvalue weighted by Crippen LogP contribution is 2.22. The summed E-state index contributed by atoms with van der Waals surface area (Å²) in [7, 11) is 0. The molecule has 2 aromatic carbocycles. The summed E-state index contributed by atoms with van der Waals surface area (Å²) in [6.45, 7) is 4.66. The van der Waals surface area contributed by atoms with Crippen LogP contribution >= 0.6 is 11.6 Å². The second kappa shape index (κ2) is 6.20. The average Bonchev–Trinajstić information content (AvgIpc) is 2.98. The summed E-state index contributed by atoms with van der Waals surface area (Å²) < 4.78 is 5.67. The quantitative estimate of drug-likeness (QED) is 0.763. The zero-order chi connectivity index (χ0) is 15.5. The van der Waals surface area contributed by atoms with Gasteiger partial charge in [0.15, 0.2) is 0 Å². The van der Waals surface area contributed by atoms with Crippen LogP contribution in [0.3, 0.4) is 0 Å². The maximum absolute atomic E-state index is 5.97. The first-order valence-electron chi connectivity index (χ1n) is 7.02. The molecule has 1 heterocycles. The van der Waals surface area contributed by atoms with E-state index in [4.69, 9.17) is 16.0 Å². The van der Waals surface area contributed by atoms with Gasteiger partial charge in [-0.3, -0.25) is 0 Å². The van der Waals surface area contributed by atoms with E-state index in [2.05, 4.69) is 35.4 Å². The number of hydrogen-bond acceptors (Lipinski definition) is 4. The monoisotopic (exact) mass is 313 g/mol. The first-order chi connectivity index (χ1) is 10.6. The summed E-state index contributed by atoms with van der Waals surface area (Å²) >= 11 is 5.97. The standard InChI is InChI=1S/C17H16ClN3O/c1-11-5-3-8-15(12(11)2)19-10-16-20-21-17(22-16)13-6-4-7-14(18)9-13/h3-9,19H,10H2,1-2H3. The van der Waals surface area contributed by atoms with Crippen LogP contribution < -0.4 is 5.32 Å². The van der Waals surface area contributed by atoms with Crippen molar-refractivity contribution in [3.8, 4) is 11.5 Å². The molecule has 0 unspecified atom stereocenters. The smallest absolute Gasteiger partial charge is 0.247 e. The van der Waals surface area contributed by atoms with Gasteiger partial charge in [0.2, 0.25) is 11.8 Å². The molecule has 1 aromatic heterocycles. The molecule has 0 radical (unpaired) electrons. The van der Waals surface area contributed by atoms with Crippen LogP contribution in [0.2, 0.25) is 5.02 Å². The molecule has 0 atom stereocenters. The zero-order valence-corrected chi connectivity index (χ0v) is 13.2. The second-order valence-corrected chi connectivity index (χ2v) is 5.55. The van der Waals surface area contributed by atoms with E-state index in [0.717, 1.165) is 11.3 Å². The maximum atomic E-state index is 5.97. The zero-order valence-electron chi connectivity index (χ0n) is 12.4. The lowest BCUT2D eigenvalue weighted by Gasteiger charge is -2.09. The maximum Gasteiger partial charge on any atom is 0.247 e. The molecular weight excluding hydrogens is 298 g/mol. The Bertz CT molecular complexity index is 798. The fourth-order valence-corrected chi connectivity index (χ4v) is 2.37. The number of benzene rings is 2. The number of aromatic nitrogens is 2. The Labute approximate surface area is 134 Å². The molecule has 0 aliphatic heterocycles. The summed E-state index contributed by atoms with van der Waals surface area (Å²) in [6, 6.07) is 13.5. The minimum absolute atomic E-state index is 0.472. The summed E-state index contributed by atoms with van der Waals surface area (Å²) in [4.78, 5) is 0. The third-order valence-corrected chi connectivity index (χ3v) is 3.81. The minimum atomic E-state index is 0.472. The van der Waals surface area contributed by atoms with Gasteiger partial charge in [0.1, 0.15) is 0 Å². The molecular formula is C17H16ClN3O. The van der Waals surface area contributed by atoms with Crippen LogP contribution in [0, 0.1) is 13.8 Å². The second-order valence-electron chi connectivity index (χ2n) is 5.11. The number of rotatable bonds is 4. The summed E-state index contributed by atoms with van der Waals surface area (Å²) in [5.41, 5.74) is 4.35. The molecule has 0 amide bonds. The molecule has 5 heteroatoms. The fourth-order valence-electron chi connectivity index (χ4n) is 2.18. The Balaban J connectivity index is 1.73. The predicted octanol–water partition coefficient (Wildman–Crippen LogP) is 4.62. The van der Waals surface area contributed by atoms with E-state index >= 15 is 0 Å². The van der Waals surface area contributed by atoms with E-state index in [-0.39, 0.29) is 0 Å². The molecule has 0 fully saturated rings. The number of hydrogen-bond donors (Lipinski definition) is 1. The molecule has 3 aromatic rings. The minimum Gasteiger partial charge on any atom is -0.419 e. The Morgan fingerprint density at radius 1 is 1.09 bits per heavy atom. The van der Waals surface area contributed by atoms with Crippen molar-refractivity contribution < 1.29 is 4.42 Å². The largest absolute Gasteiger partial charge is 0.419 e. The number of nitrogens with zero attached hydrogens (tertiary/aromatic N) is 2. The van der Waals surface area contributed by atoms with Gasteiger partial charge in [0, 0.05) is 16.3 Å². The Morgan fingerprint density at radius 2 is 1.91 bits per heavy atom. The fraction of sp³-hybridized carbons (Fsp3) is 0.176. The predicted molar refractivity (Wildman–Crippen MR) is 88.0 cm³/mol. The number of anilines is 1. The van der Waals surface area contributed by atoms with Gasteiger partial charge < -0.3 is 9.73 Å². The Hall–Kier alpha value is -2.33. The molecule has 0 aliphatic rings. The highest BCUT2D eigenvalue weighted by Gasteiger charge is 2.09. The molecule has 0 saturated carbocycles. The molecule has 22 heavy (non-hydrogen) atoms. The van der Waals surface area contributed by atoms with E-state index in [1.165, 1.54) is 11.1 Å². The van der Waals surface area contributed by atoms with E-state index in [1.807, 2.05) is 30.3 Å². The van der Waals surface area contributed by atoms with Crippen LogP contribution in [0.4, 0.5) is 5.69 Å². The third-order valence-electron chi connectivity index (χ3n) is 3.57. The van der Waals surface area contributed by atoms with Crippen molar-refractivity contribution >= 4 is 17.3 Å². The first-order valence-corrected chi connectivity index (χ1v) is 7.39. The van der Waals surface area contributed by atoms with Gasteiger partial charge in [-0.1, -0.05) is 29.8 Å². The van der Waals surface area contributed by atoms with Gasteiger partial charge in [0.05, 0.1) is 6.54 Å². The lowest BCUT2D eigenvalue weighted by atomic mass is 10.1. The van der Waals surface area contributed by atoms with Crippen LogP contribution in [0.5, 0.6) is 0 Å². The molecule has 1 N–H and O–H groups in total. The Morgan fingerprint density at radius 3 is 2.73 bits per heavy atom. The van der Waals surface area contributed by atoms with Gasteiger partial charge in [-0.15, -0.1) is 10.2 Å². The van der Waals surface area contributed by atoms with Crippen molar-refractivity contribution in [2.75, 3.05) is 5.32 Å². The summed E-state index contributed by atoms with van der Waals surface area (Å²) in [6.07, 6.45) is 0. The number of aryl methyl sites for hydroxylation is 1. The molecule has 0 spiro atoms. The van der Waals surface area contributed by atoms with Crippen LogP contribution in [0.1, 0.15) is 17.0 Å². The Kier molecular flexibility index (Phi) is 4.11. The summed E-state index contributed by atoms with van der Waals surface area (Å²) in [5.74, 6) is 1.01. The molecule has 112 valence electrons. The van der Waals surface area contributed by atoms with Crippen molar-refractivity contribution in [2.24, 2.45) is 0 Å². The van der Waals surface area contributed by atoms with Crippen molar-refractivity contribution in [1.82, 2.24) is 10.2 Å². The third kappa shape index (κ3) is 3.12. The van der Waals surface area contributed by atoms with Crippen molar-refractivity contribution in [3.05, 3.63) is 64.5 Å². The molecule has 4 nitrogen and oxygen atoms in total. The normalized spacial score (nSPS) is 10.7. The van der Waals surface area contributed by atoms with E-state index < -0.39 is 0 Å². The first kappa shape index (κ1) is 14.6. The SMILES string of the molecule is Cc1cccc(NCc2nnc(-c3cccc(Cl)c3)o2)c1C. The van der Waals surface area contributed by atoms with Crippen LogP contribution in [0.25, 0.3) is 11.5 Å².